The number of phenolic OH excluding ortho intramolecular Hbond substituents is 1. The van der Waals surface area contributed by atoms with Crippen molar-refractivity contribution < 1.29 is 5.11 Å². The number of rotatable bonds is 3. The van der Waals surface area contributed by atoms with Crippen molar-refractivity contribution in [1.82, 2.24) is 30.7 Å². The Morgan fingerprint density at radius 2 is 2.07 bits per heavy atom. The molecule has 0 amide bonds. The summed E-state index contributed by atoms with van der Waals surface area (Å²) >= 11 is 0. The maximum atomic E-state index is 10.4. The van der Waals surface area contributed by atoms with Gasteiger partial charge in [0.25, 0.3) is 0 Å². The van der Waals surface area contributed by atoms with Gasteiger partial charge in [-0.25, -0.2) is 4.98 Å². The van der Waals surface area contributed by atoms with Gasteiger partial charge in [0.1, 0.15) is 11.4 Å². The second-order valence-electron chi connectivity index (χ2n) is 7.34. The van der Waals surface area contributed by atoms with E-state index in [2.05, 4.69) is 35.6 Å². The fourth-order valence-electron chi connectivity index (χ4n) is 4.13. The molecule has 4 heterocycles. The van der Waals surface area contributed by atoms with Crippen LogP contribution in [0.1, 0.15) is 19.3 Å². The predicted octanol–water partition coefficient (Wildman–Crippen LogP) is 1.97. The van der Waals surface area contributed by atoms with Crippen molar-refractivity contribution in [3.63, 3.8) is 0 Å². The molecule has 1 atom stereocenters. The summed E-state index contributed by atoms with van der Waals surface area (Å²) in [5.74, 6) is 0.798. The standard InChI is InChI=1S/C19H21N7O/c27-17-8-13(14-9-22-23-10-14)2-3-15(17)16-11-20-18(25-24-16)26-7-5-19(12-26)4-1-6-21-19/h2-3,8-11,21,27H,1,4-7,12H2,(H,22,23). The Hall–Kier alpha value is -3.00. The number of nitrogens with zero attached hydrogens (tertiary/aromatic N) is 5. The fraction of sp³-hybridized carbons (Fsp3) is 0.368. The summed E-state index contributed by atoms with van der Waals surface area (Å²) in [5, 5.41) is 29.4. The van der Waals surface area contributed by atoms with Gasteiger partial charge in [-0.1, -0.05) is 6.07 Å². The lowest BCUT2D eigenvalue weighted by Gasteiger charge is -2.23. The van der Waals surface area contributed by atoms with Gasteiger partial charge in [-0.3, -0.25) is 5.10 Å². The first kappa shape index (κ1) is 16.2. The average molecular weight is 363 g/mol. The second-order valence-corrected chi connectivity index (χ2v) is 7.34. The Balaban J connectivity index is 1.36. The van der Waals surface area contributed by atoms with Crippen LogP contribution in [0.5, 0.6) is 5.75 Å². The Morgan fingerprint density at radius 3 is 2.78 bits per heavy atom. The summed E-state index contributed by atoms with van der Waals surface area (Å²) in [5.41, 5.74) is 3.20. The molecule has 3 N–H and O–H groups in total. The number of hydrogen-bond acceptors (Lipinski definition) is 7. The number of aromatic amines is 1. The Kier molecular flexibility index (Phi) is 3.78. The quantitative estimate of drug-likeness (QED) is 0.654. The minimum absolute atomic E-state index is 0.146. The molecule has 0 aliphatic carbocycles. The van der Waals surface area contributed by atoms with Gasteiger partial charge in [-0.05, 0) is 43.5 Å². The summed E-state index contributed by atoms with van der Waals surface area (Å²) in [6, 6.07) is 5.45. The summed E-state index contributed by atoms with van der Waals surface area (Å²) in [7, 11) is 0. The SMILES string of the molecule is Oc1cc(-c2cn[nH]c2)ccc1-c1cnc(N2CCC3(CCCN3)C2)nn1. The highest BCUT2D eigenvalue weighted by molar-refractivity contribution is 5.73. The van der Waals surface area contributed by atoms with E-state index in [9.17, 15) is 5.11 Å². The van der Waals surface area contributed by atoms with Crippen molar-refractivity contribution in [2.24, 2.45) is 0 Å². The molecule has 27 heavy (non-hydrogen) atoms. The molecule has 2 aliphatic rings. The third-order valence-electron chi connectivity index (χ3n) is 5.62. The number of nitrogens with one attached hydrogen (secondary N) is 2. The van der Waals surface area contributed by atoms with Crippen molar-refractivity contribution in [1.29, 1.82) is 0 Å². The summed E-state index contributed by atoms with van der Waals surface area (Å²) < 4.78 is 0. The van der Waals surface area contributed by atoms with E-state index in [0.29, 0.717) is 17.2 Å². The number of anilines is 1. The van der Waals surface area contributed by atoms with Crippen LogP contribution in [0.15, 0.2) is 36.8 Å². The topological polar surface area (TPSA) is 103 Å². The number of phenols is 1. The zero-order chi connectivity index (χ0) is 18.3. The lowest BCUT2D eigenvalue weighted by atomic mass is 9.97. The molecule has 5 rings (SSSR count). The lowest BCUT2D eigenvalue weighted by molar-refractivity contribution is 0.418. The lowest BCUT2D eigenvalue weighted by Crippen LogP contribution is -2.42. The molecule has 1 spiro atoms. The second kappa shape index (κ2) is 6.31. The number of aromatic nitrogens is 5. The van der Waals surface area contributed by atoms with E-state index in [0.717, 1.165) is 37.2 Å². The zero-order valence-electron chi connectivity index (χ0n) is 14.9. The molecule has 2 aliphatic heterocycles. The van der Waals surface area contributed by atoms with Crippen LogP contribution in [0.25, 0.3) is 22.4 Å². The van der Waals surface area contributed by atoms with Crippen LogP contribution in [-0.2, 0) is 0 Å². The monoisotopic (exact) mass is 363 g/mol. The van der Waals surface area contributed by atoms with Gasteiger partial charge in [0.2, 0.25) is 5.95 Å². The third kappa shape index (κ3) is 2.91. The van der Waals surface area contributed by atoms with Crippen LogP contribution >= 0.6 is 0 Å². The molecule has 0 bridgehead atoms. The largest absolute Gasteiger partial charge is 0.507 e. The molecule has 8 heteroatoms. The highest BCUT2D eigenvalue weighted by Gasteiger charge is 2.40. The van der Waals surface area contributed by atoms with Gasteiger partial charge in [-0.15, -0.1) is 10.2 Å². The number of aromatic hydroxyl groups is 1. The van der Waals surface area contributed by atoms with Gasteiger partial charge in [0.05, 0.1) is 12.4 Å². The maximum absolute atomic E-state index is 10.4. The molecule has 0 radical (unpaired) electrons. The molecule has 0 saturated carbocycles. The molecule has 2 fully saturated rings. The minimum Gasteiger partial charge on any atom is -0.507 e. The molecule has 1 aromatic carbocycles. The van der Waals surface area contributed by atoms with Crippen molar-refractivity contribution in [3.8, 4) is 28.1 Å². The van der Waals surface area contributed by atoms with E-state index in [1.165, 1.54) is 12.8 Å². The van der Waals surface area contributed by atoms with E-state index >= 15 is 0 Å². The predicted molar refractivity (Wildman–Crippen MR) is 101 cm³/mol. The Bertz CT molecular complexity index is 933. The van der Waals surface area contributed by atoms with Crippen molar-refractivity contribution in [2.75, 3.05) is 24.5 Å². The zero-order valence-corrected chi connectivity index (χ0v) is 14.9. The van der Waals surface area contributed by atoms with Crippen LogP contribution < -0.4 is 10.2 Å². The molecular weight excluding hydrogens is 342 g/mol. The first-order valence-corrected chi connectivity index (χ1v) is 9.25. The number of benzene rings is 1. The Morgan fingerprint density at radius 1 is 1.11 bits per heavy atom. The summed E-state index contributed by atoms with van der Waals surface area (Å²) in [6.07, 6.45) is 8.75. The molecule has 2 aromatic heterocycles. The highest BCUT2D eigenvalue weighted by atomic mass is 16.3. The first-order valence-electron chi connectivity index (χ1n) is 9.25. The van der Waals surface area contributed by atoms with Crippen molar-refractivity contribution >= 4 is 5.95 Å². The van der Waals surface area contributed by atoms with Crippen LogP contribution in [0.4, 0.5) is 5.95 Å². The van der Waals surface area contributed by atoms with Crippen LogP contribution in [0.3, 0.4) is 0 Å². The van der Waals surface area contributed by atoms with E-state index in [-0.39, 0.29) is 11.3 Å². The van der Waals surface area contributed by atoms with Gasteiger partial charge in [0, 0.05) is 36.0 Å². The third-order valence-corrected chi connectivity index (χ3v) is 5.62. The van der Waals surface area contributed by atoms with Gasteiger partial charge in [0.15, 0.2) is 0 Å². The first-order chi connectivity index (χ1) is 13.2. The number of H-pyrrole nitrogens is 1. The normalized spacial score (nSPS) is 22.0. The molecule has 8 nitrogen and oxygen atoms in total. The average Bonchev–Trinajstić information content (AvgIpc) is 3.45. The van der Waals surface area contributed by atoms with E-state index in [4.69, 9.17) is 0 Å². The minimum atomic E-state index is 0.146. The Labute approximate surface area is 156 Å². The van der Waals surface area contributed by atoms with Crippen molar-refractivity contribution in [3.05, 3.63) is 36.8 Å². The van der Waals surface area contributed by atoms with Crippen molar-refractivity contribution in [2.45, 2.75) is 24.8 Å². The van der Waals surface area contributed by atoms with E-state index in [1.807, 2.05) is 12.1 Å². The van der Waals surface area contributed by atoms with Crippen LogP contribution in [0.2, 0.25) is 0 Å². The maximum Gasteiger partial charge on any atom is 0.245 e. The van der Waals surface area contributed by atoms with Gasteiger partial charge in [-0.2, -0.15) is 5.10 Å². The van der Waals surface area contributed by atoms with Gasteiger partial charge >= 0.3 is 0 Å². The summed E-state index contributed by atoms with van der Waals surface area (Å²) in [6.45, 7) is 2.97. The number of hydrogen-bond donors (Lipinski definition) is 3. The molecule has 2 saturated heterocycles. The molecule has 3 aromatic rings. The molecule has 1 unspecified atom stereocenters. The van der Waals surface area contributed by atoms with Crippen LogP contribution in [0, 0.1) is 0 Å². The molecule has 138 valence electrons. The fourth-order valence-corrected chi connectivity index (χ4v) is 4.13. The highest BCUT2D eigenvalue weighted by Crippen LogP contribution is 2.33. The summed E-state index contributed by atoms with van der Waals surface area (Å²) in [4.78, 5) is 6.69. The smallest absolute Gasteiger partial charge is 0.245 e. The van der Waals surface area contributed by atoms with Gasteiger partial charge < -0.3 is 15.3 Å². The van der Waals surface area contributed by atoms with E-state index < -0.39 is 0 Å². The molecular formula is C19H21N7O. The van der Waals surface area contributed by atoms with E-state index in [1.54, 1.807) is 24.7 Å². The van der Waals surface area contributed by atoms with Crippen LogP contribution in [-0.4, -0.2) is 55.7 Å².